The number of pyridine rings is 1. The first-order valence-electron chi connectivity index (χ1n) is 7.09. The molecule has 0 radical (unpaired) electrons. The smallest absolute Gasteiger partial charge is 0.255 e. The van der Waals surface area contributed by atoms with Gasteiger partial charge in [-0.15, -0.1) is 0 Å². The van der Waals surface area contributed by atoms with Gasteiger partial charge >= 0.3 is 0 Å². The summed E-state index contributed by atoms with van der Waals surface area (Å²) in [6, 6.07) is 0. The second-order valence-electron chi connectivity index (χ2n) is 5.45. The molecule has 0 fully saturated rings. The Hall–Kier alpha value is -1.35. The Morgan fingerprint density at radius 2 is 2.21 bits per heavy atom. The van der Waals surface area contributed by atoms with E-state index in [1.54, 1.807) is 0 Å². The molecule has 1 aliphatic rings. The number of hydrogen-bond acceptors (Lipinski definition) is 2. The zero-order valence-corrected chi connectivity index (χ0v) is 12.2. The van der Waals surface area contributed by atoms with Crippen molar-refractivity contribution in [2.24, 2.45) is 5.92 Å². The van der Waals surface area contributed by atoms with Crippen LogP contribution >= 0.6 is 0 Å². The van der Waals surface area contributed by atoms with Crippen LogP contribution in [0.3, 0.4) is 0 Å². The fourth-order valence-electron chi connectivity index (χ4n) is 2.74. The second kappa shape index (κ2) is 5.74. The van der Waals surface area contributed by atoms with E-state index in [4.69, 9.17) is 4.74 Å². The van der Waals surface area contributed by atoms with E-state index < -0.39 is 0 Å². The van der Waals surface area contributed by atoms with Crippen molar-refractivity contribution in [1.29, 1.82) is 0 Å². The number of aromatic amines is 1. The molecule has 1 atom stereocenters. The third kappa shape index (κ3) is 2.66. The van der Waals surface area contributed by atoms with Gasteiger partial charge in [-0.3, -0.25) is 4.79 Å². The summed E-state index contributed by atoms with van der Waals surface area (Å²) in [7, 11) is 0. The highest BCUT2D eigenvalue weighted by molar-refractivity contribution is 5.55. The lowest BCUT2D eigenvalue weighted by Crippen LogP contribution is -2.31. The SMILES string of the molecule is C/C=C\c1c(CC)c2c([nH]c1=O)CC(C(C)C)OC2. The Bertz CT molecular complexity index is 540. The van der Waals surface area contributed by atoms with Crippen LogP contribution in [0.15, 0.2) is 10.9 Å². The van der Waals surface area contributed by atoms with E-state index >= 15 is 0 Å². The molecule has 0 bridgehead atoms. The molecule has 1 N–H and O–H groups in total. The molecule has 1 aliphatic heterocycles. The van der Waals surface area contributed by atoms with Gasteiger partial charge in [0.2, 0.25) is 0 Å². The summed E-state index contributed by atoms with van der Waals surface area (Å²) in [4.78, 5) is 15.2. The van der Waals surface area contributed by atoms with Gasteiger partial charge in [0, 0.05) is 23.2 Å². The van der Waals surface area contributed by atoms with Crippen molar-refractivity contribution in [3.8, 4) is 0 Å². The lowest BCUT2D eigenvalue weighted by molar-refractivity contribution is -0.00204. The lowest BCUT2D eigenvalue weighted by Gasteiger charge is -2.29. The summed E-state index contributed by atoms with van der Waals surface area (Å²) < 4.78 is 5.94. The molecule has 1 aromatic rings. The van der Waals surface area contributed by atoms with Gasteiger partial charge in [0.05, 0.1) is 12.7 Å². The van der Waals surface area contributed by atoms with Gasteiger partial charge in [-0.2, -0.15) is 0 Å². The van der Waals surface area contributed by atoms with Crippen LogP contribution in [-0.2, 0) is 24.2 Å². The van der Waals surface area contributed by atoms with Crippen molar-refractivity contribution in [2.75, 3.05) is 0 Å². The predicted octanol–water partition coefficient (Wildman–Crippen LogP) is 3.07. The molecule has 2 heterocycles. The minimum Gasteiger partial charge on any atom is -0.373 e. The summed E-state index contributed by atoms with van der Waals surface area (Å²) in [5.74, 6) is 0.469. The van der Waals surface area contributed by atoms with Gasteiger partial charge in [-0.05, 0) is 24.8 Å². The summed E-state index contributed by atoms with van der Waals surface area (Å²) in [5, 5.41) is 0. The van der Waals surface area contributed by atoms with Crippen molar-refractivity contribution >= 4 is 6.08 Å². The van der Waals surface area contributed by atoms with Crippen LogP contribution in [0.4, 0.5) is 0 Å². The summed E-state index contributed by atoms with van der Waals surface area (Å²) in [5.41, 5.74) is 4.21. The average molecular weight is 261 g/mol. The molecule has 19 heavy (non-hydrogen) atoms. The number of ether oxygens (including phenoxy) is 1. The number of nitrogens with one attached hydrogen (secondary N) is 1. The molecule has 1 aromatic heterocycles. The molecule has 0 aliphatic carbocycles. The molecule has 0 saturated carbocycles. The fraction of sp³-hybridized carbons (Fsp3) is 0.562. The zero-order valence-electron chi connectivity index (χ0n) is 12.2. The number of allylic oxidation sites excluding steroid dienone is 1. The van der Waals surface area contributed by atoms with E-state index in [-0.39, 0.29) is 11.7 Å². The van der Waals surface area contributed by atoms with Crippen molar-refractivity contribution in [3.05, 3.63) is 38.8 Å². The first-order valence-corrected chi connectivity index (χ1v) is 7.09. The molecular formula is C16H23NO2. The van der Waals surface area contributed by atoms with E-state index in [0.717, 1.165) is 29.7 Å². The van der Waals surface area contributed by atoms with Crippen molar-refractivity contribution in [2.45, 2.75) is 53.2 Å². The van der Waals surface area contributed by atoms with Gasteiger partial charge in [0.25, 0.3) is 5.56 Å². The van der Waals surface area contributed by atoms with Crippen LogP contribution in [0.2, 0.25) is 0 Å². The minimum atomic E-state index is 0.0260. The first-order chi connectivity index (χ1) is 9.08. The van der Waals surface area contributed by atoms with E-state index in [0.29, 0.717) is 12.5 Å². The average Bonchev–Trinajstić information content (AvgIpc) is 2.39. The maximum absolute atomic E-state index is 12.2. The highest BCUT2D eigenvalue weighted by atomic mass is 16.5. The van der Waals surface area contributed by atoms with Crippen LogP contribution in [0.25, 0.3) is 6.08 Å². The zero-order chi connectivity index (χ0) is 14.0. The summed E-state index contributed by atoms with van der Waals surface area (Å²) in [6.45, 7) is 8.95. The molecule has 0 spiro atoms. The van der Waals surface area contributed by atoms with Crippen molar-refractivity contribution in [1.82, 2.24) is 4.98 Å². The van der Waals surface area contributed by atoms with Crippen LogP contribution in [0.5, 0.6) is 0 Å². The Morgan fingerprint density at radius 3 is 2.79 bits per heavy atom. The standard InChI is InChI=1S/C16H23NO2/c1-5-7-12-11(6-2)13-9-19-15(10(3)4)8-14(13)17-16(12)18/h5,7,10,15H,6,8-9H2,1-4H3,(H,17,18)/b7-5-. The van der Waals surface area contributed by atoms with E-state index in [1.165, 1.54) is 5.56 Å². The second-order valence-corrected chi connectivity index (χ2v) is 5.45. The molecule has 0 amide bonds. The molecule has 2 rings (SSSR count). The molecule has 0 aromatic carbocycles. The van der Waals surface area contributed by atoms with E-state index in [9.17, 15) is 4.79 Å². The van der Waals surface area contributed by atoms with Crippen LogP contribution in [0.1, 0.15) is 50.1 Å². The molecule has 3 heteroatoms. The highest BCUT2D eigenvalue weighted by Crippen LogP contribution is 2.26. The third-order valence-electron chi connectivity index (χ3n) is 3.84. The minimum absolute atomic E-state index is 0.0260. The topological polar surface area (TPSA) is 42.1 Å². The Kier molecular flexibility index (Phi) is 4.25. The maximum Gasteiger partial charge on any atom is 0.255 e. The molecule has 0 saturated heterocycles. The number of rotatable bonds is 3. The third-order valence-corrected chi connectivity index (χ3v) is 3.84. The van der Waals surface area contributed by atoms with Crippen molar-refractivity contribution in [3.63, 3.8) is 0 Å². The summed E-state index contributed by atoms with van der Waals surface area (Å²) >= 11 is 0. The Labute approximate surface area is 114 Å². The number of aromatic nitrogens is 1. The van der Waals surface area contributed by atoms with Gasteiger partial charge in [-0.25, -0.2) is 0 Å². The lowest BCUT2D eigenvalue weighted by atomic mass is 9.91. The highest BCUT2D eigenvalue weighted by Gasteiger charge is 2.25. The van der Waals surface area contributed by atoms with Gasteiger partial charge in [0.1, 0.15) is 0 Å². The molecular weight excluding hydrogens is 238 g/mol. The van der Waals surface area contributed by atoms with Crippen LogP contribution in [-0.4, -0.2) is 11.1 Å². The van der Waals surface area contributed by atoms with Crippen molar-refractivity contribution < 1.29 is 4.74 Å². The fourth-order valence-corrected chi connectivity index (χ4v) is 2.74. The number of hydrogen-bond donors (Lipinski definition) is 1. The normalized spacial score (nSPS) is 19.1. The predicted molar refractivity (Wildman–Crippen MR) is 78.3 cm³/mol. The molecule has 3 nitrogen and oxygen atoms in total. The number of H-pyrrole nitrogens is 1. The van der Waals surface area contributed by atoms with E-state index in [2.05, 4.69) is 25.8 Å². The van der Waals surface area contributed by atoms with Gasteiger partial charge in [-0.1, -0.05) is 32.9 Å². The number of fused-ring (bicyclic) bond motifs is 1. The molecule has 1 unspecified atom stereocenters. The molecule has 104 valence electrons. The Morgan fingerprint density at radius 1 is 1.47 bits per heavy atom. The quantitative estimate of drug-likeness (QED) is 0.908. The van der Waals surface area contributed by atoms with Gasteiger partial charge in [0.15, 0.2) is 0 Å². The van der Waals surface area contributed by atoms with Crippen LogP contribution < -0.4 is 5.56 Å². The maximum atomic E-state index is 12.2. The largest absolute Gasteiger partial charge is 0.373 e. The summed E-state index contributed by atoms with van der Waals surface area (Å²) in [6.07, 6.45) is 5.69. The van der Waals surface area contributed by atoms with Gasteiger partial charge < -0.3 is 9.72 Å². The monoisotopic (exact) mass is 261 g/mol. The Balaban J connectivity index is 2.52. The first kappa shape index (κ1) is 14.1. The van der Waals surface area contributed by atoms with Crippen LogP contribution in [0, 0.1) is 5.92 Å². The van der Waals surface area contributed by atoms with E-state index in [1.807, 2.05) is 19.1 Å².